The molecule has 22 heavy (non-hydrogen) atoms. The van der Waals surface area contributed by atoms with Crippen molar-refractivity contribution in [2.45, 2.75) is 32.7 Å². The molecular weight excluding hydrogens is 563 g/mol. The summed E-state index contributed by atoms with van der Waals surface area (Å²) in [5.74, 6) is -1.50. The number of carbonyl (C=O) groups is 1. The van der Waals surface area contributed by atoms with E-state index < -0.39 is 34.5 Å². The smallest absolute Gasteiger partial charge is 0.278 e. The van der Waals surface area contributed by atoms with E-state index >= 15 is 0 Å². The van der Waals surface area contributed by atoms with E-state index in [4.69, 9.17) is 46.4 Å². The third-order valence-electron chi connectivity index (χ3n) is 3.40. The molecule has 2 rings (SSSR count). The number of nitrogens with zero attached hydrogens (tertiary/aromatic N) is 1. The molecule has 1 aliphatic rings. The third kappa shape index (κ3) is 4.29. The van der Waals surface area contributed by atoms with Crippen molar-refractivity contribution in [3.63, 3.8) is 0 Å². The molecule has 1 amide bonds. The van der Waals surface area contributed by atoms with E-state index in [9.17, 15) is 9.90 Å². The average Bonchev–Trinajstić information content (AvgIpc) is 2.80. The number of hydrogen-bond acceptors (Lipinski definition) is 2. The first kappa shape index (κ1) is 20.5. The van der Waals surface area contributed by atoms with Crippen molar-refractivity contribution in [1.82, 2.24) is 0 Å². The molecule has 0 atom stereocenters. The van der Waals surface area contributed by atoms with Gasteiger partial charge in [-0.3, -0.25) is 4.79 Å². The van der Waals surface area contributed by atoms with E-state index in [-0.39, 0.29) is 31.2 Å². The Morgan fingerprint density at radius 3 is 1.64 bits per heavy atom. The maximum Gasteiger partial charge on any atom is 0.278 e. The van der Waals surface area contributed by atoms with Gasteiger partial charge in [-0.1, -0.05) is 46.4 Å². The van der Waals surface area contributed by atoms with Gasteiger partial charge < -0.3 is 5.11 Å². The Bertz CT molecular complexity index is 610. The first-order chi connectivity index (χ1) is 10.3. The molecule has 0 unspecified atom stereocenters. The number of halogens is 4. The van der Waals surface area contributed by atoms with Gasteiger partial charge in [0.15, 0.2) is 0 Å². The normalized spacial score (nSPS) is 12.9. The Morgan fingerprint density at radius 1 is 0.864 bits per heavy atom. The molecule has 8 heteroatoms. The van der Waals surface area contributed by atoms with E-state index in [2.05, 4.69) is 25.8 Å². The number of hydrogen-bond donors (Lipinski definition) is 0. The molecular formula is C14H15Cl4NO2Pb-. The van der Waals surface area contributed by atoms with Crippen molar-refractivity contribution in [3.8, 4) is 0 Å². The molecule has 1 aromatic carbocycles. The van der Waals surface area contributed by atoms with Gasteiger partial charge in [-0.2, -0.15) is 0 Å². The summed E-state index contributed by atoms with van der Waals surface area (Å²) >= 11 is 22.2. The standard InChI is InChI=1S/C8HCl4NO2.3C2H5.Pb/c9-3-1-2(8(15)13-7(1)14)4(10)6(12)5(3)11;3*1-2;/h(H,13,14,15);3*1H2,2H3;/p-1. The van der Waals surface area contributed by atoms with Crippen LogP contribution >= 0.6 is 46.4 Å². The van der Waals surface area contributed by atoms with Crippen molar-refractivity contribution >= 4 is 80.9 Å². The molecule has 0 fully saturated rings. The average molecular weight is 578 g/mol. The third-order valence-corrected chi connectivity index (χ3v) is 16.9. The Balaban J connectivity index is 0.000000295. The SMILES string of the molecule is C[CH2][Pb]([CH2]C)[CH2]C.O=C1N=C([O-])c2c(Cl)c(Cl)c(Cl)c(Cl)c21. The zero-order chi connectivity index (χ0) is 17.0. The molecule has 121 valence electrons. The zero-order valence-electron chi connectivity index (χ0n) is 12.4. The molecule has 0 N–H and O–H groups in total. The molecule has 1 radical (unpaired) electrons. The summed E-state index contributed by atoms with van der Waals surface area (Å²) in [4.78, 5) is 14.5. The van der Waals surface area contributed by atoms with E-state index in [0.717, 1.165) is 0 Å². The van der Waals surface area contributed by atoms with E-state index in [1.54, 1.807) is 11.9 Å². The number of benzene rings is 1. The summed E-state index contributed by atoms with van der Waals surface area (Å²) in [7, 11) is 0. The van der Waals surface area contributed by atoms with Gasteiger partial charge >= 0.3 is 55.4 Å². The van der Waals surface area contributed by atoms with Gasteiger partial charge in [0.1, 0.15) is 0 Å². The zero-order valence-corrected chi connectivity index (χ0v) is 19.3. The summed E-state index contributed by atoms with van der Waals surface area (Å²) < 4.78 is 4.70. The van der Waals surface area contributed by atoms with Crippen LogP contribution in [0.2, 0.25) is 32.0 Å². The van der Waals surface area contributed by atoms with Crippen LogP contribution in [0.1, 0.15) is 36.7 Å². The second kappa shape index (κ2) is 9.06. The Labute approximate surface area is 158 Å². The molecule has 1 aliphatic heterocycles. The quantitative estimate of drug-likeness (QED) is 0.285. The van der Waals surface area contributed by atoms with Gasteiger partial charge in [0.25, 0.3) is 5.91 Å². The summed E-state index contributed by atoms with van der Waals surface area (Å²) in [5.41, 5.74) is -0.165. The summed E-state index contributed by atoms with van der Waals surface area (Å²) in [6.07, 6.45) is 0. The molecule has 0 saturated carbocycles. The van der Waals surface area contributed by atoms with Crippen LogP contribution in [0.4, 0.5) is 0 Å². The largest absolute Gasteiger partial charge is 0.858 e. The van der Waals surface area contributed by atoms with Crippen LogP contribution in [0.5, 0.6) is 0 Å². The van der Waals surface area contributed by atoms with Crippen LogP contribution in [-0.2, 0) is 0 Å². The molecule has 0 aliphatic carbocycles. The summed E-state index contributed by atoms with van der Waals surface area (Å²) in [6.45, 7) is 7.07. The van der Waals surface area contributed by atoms with Crippen molar-refractivity contribution in [3.05, 3.63) is 31.2 Å². The van der Waals surface area contributed by atoms with Crippen molar-refractivity contribution < 1.29 is 9.90 Å². The second-order valence-corrected chi connectivity index (χ2v) is 20.1. The van der Waals surface area contributed by atoms with Crippen LogP contribution in [0.25, 0.3) is 0 Å². The van der Waals surface area contributed by atoms with Gasteiger partial charge in [0.2, 0.25) is 0 Å². The van der Waals surface area contributed by atoms with Gasteiger partial charge in [-0.05, 0) is 0 Å². The fourth-order valence-electron chi connectivity index (χ4n) is 1.99. The van der Waals surface area contributed by atoms with E-state index in [1.165, 1.54) is 0 Å². The van der Waals surface area contributed by atoms with Crippen LogP contribution in [0, 0.1) is 0 Å². The summed E-state index contributed by atoms with van der Waals surface area (Å²) in [5, 5.41) is 11.0. The second-order valence-electron chi connectivity index (χ2n) is 4.54. The molecule has 0 aromatic heterocycles. The predicted molar refractivity (Wildman–Crippen MR) is 94.5 cm³/mol. The Kier molecular flexibility index (Phi) is 8.44. The Morgan fingerprint density at radius 2 is 1.27 bits per heavy atom. The first-order valence-corrected chi connectivity index (χ1v) is 16.6. The monoisotopic (exact) mass is 577 g/mol. The number of amides is 1. The van der Waals surface area contributed by atoms with Crippen molar-refractivity contribution in [2.24, 2.45) is 4.99 Å². The fourth-order valence-corrected chi connectivity index (χ4v) is 8.83. The molecule has 0 saturated heterocycles. The predicted octanol–water partition coefficient (Wildman–Crippen LogP) is 5.10. The van der Waals surface area contributed by atoms with E-state index in [1.807, 2.05) is 0 Å². The van der Waals surface area contributed by atoms with Gasteiger partial charge in [0, 0.05) is 11.5 Å². The minimum atomic E-state index is -0.789. The number of aliphatic imine (C=N–C) groups is 1. The van der Waals surface area contributed by atoms with Crippen LogP contribution in [0.3, 0.4) is 0 Å². The van der Waals surface area contributed by atoms with E-state index in [0.29, 0.717) is 0 Å². The Hall–Kier alpha value is 0.442. The topological polar surface area (TPSA) is 52.5 Å². The maximum atomic E-state index is 11.3. The number of carbonyl (C=O) groups excluding carboxylic acids is 1. The maximum absolute atomic E-state index is 11.3. The molecule has 0 spiro atoms. The van der Waals surface area contributed by atoms with Crippen LogP contribution in [-0.4, -0.2) is 34.5 Å². The molecule has 1 heterocycles. The minimum absolute atomic E-state index is 0.0552. The van der Waals surface area contributed by atoms with Crippen molar-refractivity contribution in [2.75, 3.05) is 0 Å². The number of fused-ring (bicyclic) bond motifs is 1. The minimum Gasteiger partial charge on any atom is -0.858 e. The van der Waals surface area contributed by atoms with Gasteiger partial charge in [-0.25, -0.2) is 4.99 Å². The fraction of sp³-hybridized carbons (Fsp3) is 0.429. The molecule has 1 aromatic rings. The first-order valence-electron chi connectivity index (χ1n) is 6.79. The van der Waals surface area contributed by atoms with Crippen LogP contribution < -0.4 is 5.11 Å². The summed E-state index contributed by atoms with van der Waals surface area (Å²) in [6, 6.07) is 0. The molecule has 0 bridgehead atoms. The number of rotatable bonds is 3. The van der Waals surface area contributed by atoms with Gasteiger partial charge in [-0.15, -0.1) is 0 Å². The van der Waals surface area contributed by atoms with Crippen LogP contribution in [0.15, 0.2) is 4.99 Å². The van der Waals surface area contributed by atoms with Gasteiger partial charge in [0.05, 0.1) is 25.7 Å². The van der Waals surface area contributed by atoms with Crippen molar-refractivity contribution in [1.29, 1.82) is 0 Å². The molecule has 3 nitrogen and oxygen atoms in total.